The third-order valence-corrected chi connectivity index (χ3v) is 2.99. The maximum Gasteiger partial charge on any atom is 0.0170 e. The first kappa shape index (κ1) is 12.9. The molecule has 0 bridgehead atoms. The van der Waals surface area contributed by atoms with E-state index < -0.39 is 0 Å². The minimum absolute atomic E-state index is 0.345. The van der Waals surface area contributed by atoms with Gasteiger partial charge in [-0.05, 0) is 24.2 Å². The van der Waals surface area contributed by atoms with E-state index in [1.54, 1.807) is 0 Å². The van der Waals surface area contributed by atoms with Crippen molar-refractivity contribution < 1.29 is 0 Å². The molecular weight excluding hydrogens is 186 g/mol. The molecule has 0 amide bonds. The molecule has 2 atom stereocenters. The molecule has 0 aromatic heterocycles. The van der Waals surface area contributed by atoms with Gasteiger partial charge >= 0.3 is 0 Å². The minimum atomic E-state index is 0.345. The molecule has 15 heavy (non-hydrogen) atoms. The van der Waals surface area contributed by atoms with Crippen molar-refractivity contribution in [3.8, 4) is 0 Å². The summed E-state index contributed by atoms with van der Waals surface area (Å²) in [6.45, 7) is 10.9. The molecular formula is C12H27N3. The topological polar surface area (TPSA) is 55.3 Å². The molecule has 0 radical (unpaired) electrons. The number of likely N-dealkylation sites (tertiary alicyclic amines) is 1. The van der Waals surface area contributed by atoms with Crippen LogP contribution >= 0.6 is 0 Å². The van der Waals surface area contributed by atoms with Gasteiger partial charge in [0.05, 0.1) is 0 Å². The van der Waals surface area contributed by atoms with E-state index in [9.17, 15) is 0 Å². The highest BCUT2D eigenvalue weighted by Gasteiger charge is 2.27. The second-order valence-corrected chi connectivity index (χ2v) is 6.17. The van der Waals surface area contributed by atoms with Crippen LogP contribution in [0.3, 0.4) is 0 Å². The van der Waals surface area contributed by atoms with Crippen LogP contribution in [0.5, 0.6) is 0 Å². The number of rotatable bonds is 3. The summed E-state index contributed by atoms with van der Waals surface area (Å²) in [7, 11) is 0. The molecule has 0 spiro atoms. The van der Waals surface area contributed by atoms with E-state index >= 15 is 0 Å². The lowest BCUT2D eigenvalue weighted by Crippen LogP contribution is -2.49. The first-order chi connectivity index (χ1) is 6.90. The minimum Gasteiger partial charge on any atom is -0.329 e. The van der Waals surface area contributed by atoms with E-state index in [-0.39, 0.29) is 0 Å². The van der Waals surface area contributed by atoms with Gasteiger partial charge < -0.3 is 16.4 Å². The molecule has 0 aromatic rings. The number of hydrogen-bond acceptors (Lipinski definition) is 3. The SMILES string of the molecule is CC(C)(C)CC1CC(N)CN(CCN)C1. The monoisotopic (exact) mass is 213 g/mol. The van der Waals surface area contributed by atoms with Crippen molar-refractivity contribution >= 4 is 0 Å². The van der Waals surface area contributed by atoms with Crippen molar-refractivity contribution in [2.75, 3.05) is 26.2 Å². The van der Waals surface area contributed by atoms with Crippen molar-refractivity contribution in [1.82, 2.24) is 4.90 Å². The van der Waals surface area contributed by atoms with Crippen LogP contribution < -0.4 is 11.5 Å². The average Bonchev–Trinajstić information content (AvgIpc) is 1.99. The predicted molar refractivity (Wildman–Crippen MR) is 65.6 cm³/mol. The maximum atomic E-state index is 6.08. The molecule has 3 nitrogen and oxygen atoms in total. The van der Waals surface area contributed by atoms with Gasteiger partial charge in [-0.2, -0.15) is 0 Å². The second kappa shape index (κ2) is 5.28. The van der Waals surface area contributed by atoms with Gasteiger partial charge in [0.2, 0.25) is 0 Å². The lowest BCUT2D eigenvalue weighted by atomic mass is 9.80. The van der Waals surface area contributed by atoms with Crippen LogP contribution in [0, 0.1) is 11.3 Å². The second-order valence-electron chi connectivity index (χ2n) is 6.17. The number of nitrogens with zero attached hydrogens (tertiary/aromatic N) is 1. The molecule has 90 valence electrons. The fraction of sp³-hybridized carbons (Fsp3) is 1.00. The Morgan fingerprint density at radius 2 is 1.93 bits per heavy atom. The van der Waals surface area contributed by atoms with Gasteiger partial charge in [0, 0.05) is 32.2 Å². The summed E-state index contributed by atoms with van der Waals surface area (Å²) >= 11 is 0. The molecule has 4 N–H and O–H groups in total. The van der Waals surface area contributed by atoms with Crippen LogP contribution in [0.25, 0.3) is 0 Å². The highest BCUT2D eigenvalue weighted by atomic mass is 15.2. The van der Waals surface area contributed by atoms with Crippen LogP contribution in [0.2, 0.25) is 0 Å². The fourth-order valence-corrected chi connectivity index (χ4v) is 2.73. The molecule has 0 aliphatic carbocycles. The Balaban J connectivity index is 2.44. The Kier molecular flexibility index (Phi) is 4.56. The highest BCUT2D eigenvalue weighted by molar-refractivity contribution is 4.83. The van der Waals surface area contributed by atoms with E-state index in [0.29, 0.717) is 11.5 Å². The van der Waals surface area contributed by atoms with E-state index in [0.717, 1.165) is 25.6 Å². The van der Waals surface area contributed by atoms with Crippen molar-refractivity contribution in [3.63, 3.8) is 0 Å². The van der Waals surface area contributed by atoms with E-state index in [4.69, 9.17) is 11.5 Å². The lowest BCUT2D eigenvalue weighted by molar-refractivity contribution is 0.129. The zero-order valence-corrected chi connectivity index (χ0v) is 10.5. The summed E-state index contributed by atoms with van der Waals surface area (Å²) < 4.78 is 0. The quantitative estimate of drug-likeness (QED) is 0.736. The van der Waals surface area contributed by atoms with Gasteiger partial charge in [0.15, 0.2) is 0 Å². The molecule has 3 heteroatoms. The van der Waals surface area contributed by atoms with Crippen molar-refractivity contribution in [3.05, 3.63) is 0 Å². The molecule has 2 unspecified atom stereocenters. The molecule has 1 saturated heterocycles. The zero-order chi connectivity index (χ0) is 11.5. The zero-order valence-electron chi connectivity index (χ0n) is 10.5. The van der Waals surface area contributed by atoms with E-state index in [1.807, 2.05) is 0 Å². The molecule has 0 aromatic carbocycles. The van der Waals surface area contributed by atoms with Gasteiger partial charge in [-0.3, -0.25) is 0 Å². The van der Waals surface area contributed by atoms with Crippen LogP contribution in [0.1, 0.15) is 33.6 Å². The summed E-state index contributed by atoms with van der Waals surface area (Å²) in [5.41, 5.74) is 12.1. The van der Waals surface area contributed by atoms with Crippen molar-refractivity contribution in [2.24, 2.45) is 22.8 Å². The Morgan fingerprint density at radius 3 is 2.47 bits per heavy atom. The normalized spacial score (nSPS) is 29.4. The standard InChI is InChI=1S/C12H27N3/c1-12(2,3)7-10-6-11(14)9-15(8-10)5-4-13/h10-11H,4-9,13-14H2,1-3H3. The summed E-state index contributed by atoms with van der Waals surface area (Å²) in [4.78, 5) is 2.42. The molecule has 1 fully saturated rings. The smallest absolute Gasteiger partial charge is 0.0170 e. The highest BCUT2D eigenvalue weighted by Crippen LogP contribution is 2.29. The first-order valence-electron chi connectivity index (χ1n) is 6.09. The van der Waals surface area contributed by atoms with E-state index in [1.165, 1.54) is 19.4 Å². The largest absolute Gasteiger partial charge is 0.329 e. The van der Waals surface area contributed by atoms with Crippen LogP contribution in [-0.2, 0) is 0 Å². The molecule has 1 aliphatic heterocycles. The van der Waals surface area contributed by atoms with Crippen molar-refractivity contribution in [1.29, 1.82) is 0 Å². The Bertz CT molecular complexity index is 186. The van der Waals surface area contributed by atoms with Gasteiger partial charge in [-0.1, -0.05) is 20.8 Å². The van der Waals surface area contributed by atoms with Gasteiger partial charge in [-0.25, -0.2) is 0 Å². The summed E-state index contributed by atoms with van der Waals surface area (Å²) in [6, 6.07) is 0.345. The third-order valence-electron chi connectivity index (χ3n) is 2.99. The van der Waals surface area contributed by atoms with E-state index in [2.05, 4.69) is 25.7 Å². The third kappa shape index (κ3) is 4.96. The maximum absolute atomic E-state index is 6.08. The number of hydrogen-bond donors (Lipinski definition) is 2. The summed E-state index contributed by atoms with van der Waals surface area (Å²) in [6.07, 6.45) is 2.44. The fourth-order valence-electron chi connectivity index (χ4n) is 2.73. The van der Waals surface area contributed by atoms with Gasteiger partial charge in [0.1, 0.15) is 0 Å². The average molecular weight is 213 g/mol. The van der Waals surface area contributed by atoms with Gasteiger partial charge in [0.25, 0.3) is 0 Å². The summed E-state index contributed by atoms with van der Waals surface area (Å²) in [5, 5.41) is 0. The Morgan fingerprint density at radius 1 is 1.27 bits per heavy atom. The van der Waals surface area contributed by atoms with Crippen LogP contribution in [0.4, 0.5) is 0 Å². The Hall–Kier alpha value is -0.120. The Labute approximate surface area is 94.2 Å². The molecule has 1 aliphatic rings. The number of piperidine rings is 1. The number of nitrogens with two attached hydrogens (primary N) is 2. The molecule has 1 rings (SSSR count). The van der Waals surface area contributed by atoms with Crippen molar-refractivity contribution in [2.45, 2.75) is 39.7 Å². The first-order valence-corrected chi connectivity index (χ1v) is 6.09. The summed E-state index contributed by atoms with van der Waals surface area (Å²) in [5.74, 6) is 0.750. The lowest BCUT2D eigenvalue weighted by Gasteiger charge is -2.38. The van der Waals surface area contributed by atoms with Gasteiger partial charge in [-0.15, -0.1) is 0 Å². The predicted octanol–water partition coefficient (Wildman–Crippen LogP) is 1.03. The van der Waals surface area contributed by atoms with Crippen LogP contribution in [0.15, 0.2) is 0 Å². The molecule has 1 heterocycles. The van der Waals surface area contributed by atoms with Crippen LogP contribution in [-0.4, -0.2) is 37.1 Å². The molecule has 0 saturated carbocycles.